The van der Waals surface area contributed by atoms with E-state index in [1.54, 1.807) is 0 Å². The van der Waals surface area contributed by atoms with E-state index in [-0.39, 0.29) is 68.2 Å². The maximum Gasteiger partial charge on any atom is 2.00 e. The SMILES string of the molecule is CC1=Cc2c(cc3c(c2-c2cc(C(F)(F)F)cc(C(F)(F)F)c2)CCC3)C1[Si](C)(C)C1C(C)=C(C)C(C)=C1C.[Cl-].[Cl-].[Zr+2]. The number of aryl methyl sites for hydroxylation is 1. The van der Waals surface area contributed by atoms with Crippen molar-refractivity contribution in [2.24, 2.45) is 0 Å². The Hall–Kier alpha value is -1.08. The number of rotatable bonds is 3. The second-order valence-electron chi connectivity index (χ2n) is 12.2. The summed E-state index contributed by atoms with van der Waals surface area (Å²) in [7, 11) is -2.14. The van der Waals surface area contributed by atoms with Gasteiger partial charge in [0.2, 0.25) is 0 Å². The number of halogens is 8. The van der Waals surface area contributed by atoms with Crippen LogP contribution in [0.4, 0.5) is 26.3 Å². The van der Waals surface area contributed by atoms with Gasteiger partial charge in [-0.1, -0.05) is 42.0 Å². The van der Waals surface area contributed by atoms with E-state index in [2.05, 4.69) is 53.8 Å². The number of fused-ring (bicyclic) bond motifs is 2. The van der Waals surface area contributed by atoms with Crippen LogP contribution in [-0.4, -0.2) is 8.07 Å². The number of alkyl halides is 6. The fraction of sp³-hybridized carbons (Fsp3) is 0.438. The molecule has 226 valence electrons. The van der Waals surface area contributed by atoms with Gasteiger partial charge in [0.15, 0.2) is 0 Å². The zero-order chi connectivity index (χ0) is 28.8. The molecule has 0 N–H and O–H groups in total. The van der Waals surface area contributed by atoms with Crippen molar-refractivity contribution in [2.75, 3.05) is 0 Å². The van der Waals surface area contributed by atoms with Crippen LogP contribution in [0.25, 0.3) is 17.2 Å². The summed E-state index contributed by atoms with van der Waals surface area (Å²) in [6.07, 6.45) is -5.44. The molecule has 0 saturated carbocycles. The first-order valence-electron chi connectivity index (χ1n) is 13.5. The fourth-order valence-electron chi connectivity index (χ4n) is 7.78. The van der Waals surface area contributed by atoms with Crippen LogP contribution >= 0.6 is 0 Å². The van der Waals surface area contributed by atoms with Crippen molar-refractivity contribution >= 4 is 14.1 Å². The molecule has 2 aromatic rings. The summed E-state index contributed by atoms with van der Waals surface area (Å²) in [6, 6.07) is 4.26. The molecular weight excluding hydrogens is 689 g/mol. The van der Waals surface area contributed by atoms with Gasteiger partial charge in [-0.15, -0.1) is 0 Å². The number of benzene rings is 2. The standard InChI is InChI=1S/C32H34F6Si.2ClH.Zr/c1-16-11-26-27(29(16)39(6,7)30-19(4)17(2)18(3)20(30)5)14-21-9-8-10-25(21)28(26)22-12-23(31(33,34)35)15-24(13-22)32(36,37)38;;;/h11-15,29-30H,8-10H2,1-7H3;2*1H;/q;;;+2/p-2. The predicted molar refractivity (Wildman–Crippen MR) is 148 cm³/mol. The molecule has 3 aliphatic rings. The van der Waals surface area contributed by atoms with E-state index < -0.39 is 31.6 Å². The van der Waals surface area contributed by atoms with Crippen LogP contribution in [0.2, 0.25) is 18.6 Å². The zero-order valence-corrected chi connectivity index (χ0v) is 29.7. The van der Waals surface area contributed by atoms with Crippen molar-refractivity contribution in [3.05, 3.63) is 85.5 Å². The molecule has 10 heteroatoms. The van der Waals surface area contributed by atoms with Crippen molar-refractivity contribution in [1.82, 2.24) is 0 Å². The van der Waals surface area contributed by atoms with E-state index in [4.69, 9.17) is 0 Å². The second-order valence-corrected chi connectivity index (χ2v) is 17.0. The maximum absolute atomic E-state index is 13.8. The maximum atomic E-state index is 13.8. The third-order valence-electron chi connectivity index (χ3n) is 9.59. The van der Waals surface area contributed by atoms with Gasteiger partial charge in [0.1, 0.15) is 0 Å². The first kappa shape index (κ1) is 37.1. The van der Waals surface area contributed by atoms with Gasteiger partial charge in [-0.25, -0.2) is 0 Å². The van der Waals surface area contributed by atoms with E-state index >= 15 is 0 Å². The van der Waals surface area contributed by atoms with Crippen LogP contribution in [-0.2, 0) is 51.4 Å². The van der Waals surface area contributed by atoms with Gasteiger partial charge in [0, 0.05) is 5.54 Å². The van der Waals surface area contributed by atoms with Gasteiger partial charge in [-0.2, -0.15) is 26.3 Å². The monoisotopic (exact) mass is 720 g/mol. The fourth-order valence-corrected chi connectivity index (χ4v) is 13.1. The van der Waals surface area contributed by atoms with Gasteiger partial charge >= 0.3 is 38.6 Å². The zero-order valence-electron chi connectivity index (χ0n) is 24.7. The largest absolute Gasteiger partial charge is 2.00 e. The van der Waals surface area contributed by atoms with Crippen molar-refractivity contribution < 1.29 is 77.4 Å². The Balaban J connectivity index is 0.00000205. The third-order valence-corrected chi connectivity index (χ3v) is 14.2. The smallest absolute Gasteiger partial charge is 1.00 e. The molecule has 0 aliphatic heterocycles. The number of hydrogen-bond acceptors (Lipinski definition) is 0. The van der Waals surface area contributed by atoms with E-state index in [0.29, 0.717) is 17.5 Å². The Labute approximate surface area is 277 Å². The Morgan fingerprint density at radius 2 is 1.21 bits per heavy atom. The molecule has 1 atom stereocenters. The third kappa shape index (κ3) is 5.96. The Morgan fingerprint density at radius 1 is 0.714 bits per heavy atom. The van der Waals surface area contributed by atoms with Gasteiger partial charge in [-0.3, -0.25) is 0 Å². The molecule has 0 heterocycles. The van der Waals surface area contributed by atoms with E-state index in [0.717, 1.165) is 52.8 Å². The number of allylic oxidation sites excluding steroid dienone is 5. The van der Waals surface area contributed by atoms with Crippen molar-refractivity contribution in [3.63, 3.8) is 0 Å². The van der Waals surface area contributed by atoms with Crippen LogP contribution in [0.1, 0.15) is 80.0 Å². The van der Waals surface area contributed by atoms with Gasteiger partial charge in [-0.05, 0) is 122 Å². The molecule has 42 heavy (non-hydrogen) atoms. The van der Waals surface area contributed by atoms with Crippen LogP contribution in [0.15, 0.2) is 52.1 Å². The molecule has 2 aromatic carbocycles. The summed E-state index contributed by atoms with van der Waals surface area (Å²) in [5.41, 5.74) is 8.92. The first-order valence-corrected chi connectivity index (χ1v) is 16.6. The van der Waals surface area contributed by atoms with E-state index in [1.165, 1.54) is 22.3 Å². The average Bonchev–Trinajstić information content (AvgIpc) is 3.47. The second kappa shape index (κ2) is 12.4. The molecule has 1 unspecified atom stereocenters. The van der Waals surface area contributed by atoms with Gasteiger partial charge in [0.25, 0.3) is 0 Å². The summed E-state index contributed by atoms with van der Waals surface area (Å²) in [4.78, 5) is 0. The van der Waals surface area contributed by atoms with E-state index in [9.17, 15) is 26.3 Å². The Kier molecular flexibility index (Phi) is 10.9. The van der Waals surface area contributed by atoms with Crippen LogP contribution in [0.5, 0.6) is 0 Å². The minimum atomic E-state index is -4.88. The van der Waals surface area contributed by atoms with Crippen LogP contribution in [0.3, 0.4) is 0 Å². The normalized spacial score (nSPS) is 18.8. The van der Waals surface area contributed by atoms with Gasteiger partial charge in [0.05, 0.1) is 19.2 Å². The van der Waals surface area contributed by atoms with Crippen LogP contribution in [0, 0.1) is 0 Å². The van der Waals surface area contributed by atoms with Crippen LogP contribution < -0.4 is 24.8 Å². The summed E-state index contributed by atoms with van der Waals surface area (Å²) in [5.74, 6) is 0. The Morgan fingerprint density at radius 3 is 1.69 bits per heavy atom. The summed E-state index contributed by atoms with van der Waals surface area (Å²) in [6.45, 7) is 15.6. The molecule has 5 rings (SSSR count). The molecule has 0 radical (unpaired) electrons. The molecule has 0 saturated heterocycles. The quantitative estimate of drug-likeness (QED) is 0.319. The van der Waals surface area contributed by atoms with Crippen molar-refractivity contribution in [1.29, 1.82) is 0 Å². The minimum absolute atomic E-state index is 0. The summed E-state index contributed by atoms with van der Waals surface area (Å²) >= 11 is 0. The minimum Gasteiger partial charge on any atom is -1.00 e. The molecule has 0 nitrogen and oxygen atoms in total. The van der Waals surface area contributed by atoms with E-state index in [1.807, 2.05) is 6.08 Å². The first-order chi connectivity index (χ1) is 17.9. The average molecular weight is 723 g/mol. The van der Waals surface area contributed by atoms with Crippen molar-refractivity contribution in [2.45, 2.75) is 90.4 Å². The molecule has 0 aromatic heterocycles. The molecular formula is C32H34Cl2F6SiZr. The predicted octanol–water partition coefficient (Wildman–Crippen LogP) is 4.69. The molecule has 0 amide bonds. The molecule has 0 spiro atoms. The number of hydrogen-bond donors (Lipinski definition) is 0. The molecule has 0 bridgehead atoms. The van der Waals surface area contributed by atoms with Gasteiger partial charge < -0.3 is 24.8 Å². The topological polar surface area (TPSA) is 0 Å². The molecule has 3 aliphatic carbocycles. The van der Waals surface area contributed by atoms with Crippen molar-refractivity contribution in [3.8, 4) is 11.1 Å². The Bertz CT molecular complexity index is 1440. The molecule has 0 fully saturated rings. The summed E-state index contributed by atoms with van der Waals surface area (Å²) < 4.78 is 82.8. The summed E-state index contributed by atoms with van der Waals surface area (Å²) in [5, 5.41) is 0.